The number of ketones is 1. The van der Waals surface area contributed by atoms with Gasteiger partial charge in [0.05, 0.1) is 12.0 Å². The number of allylic oxidation sites excluding steroid dienone is 1. The topological polar surface area (TPSA) is 83.6 Å². The SMILES string of the molecule is COc1ccc(/C=C/C(=O)c2ccc(-n3cccc3)cc2)cc1COc1cc(C)ccc1[N+](=O)[O-]. The molecule has 176 valence electrons. The van der Waals surface area contributed by atoms with Crippen LogP contribution in [-0.4, -0.2) is 22.4 Å². The Bertz CT molecular complexity index is 1370. The molecule has 0 aliphatic heterocycles. The lowest BCUT2D eigenvalue weighted by molar-refractivity contribution is -0.386. The maximum absolute atomic E-state index is 12.7. The molecule has 3 aromatic carbocycles. The van der Waals surface area contributed by atoms with Crippen LogP contribution in [0.2, 0.25) is 0 Å². The first-order valence-corrected chi connectivity index (χ1v) is 10.9. The van der Waals surface area contributed by atoms with E-state index in [9.17, 15) is 14.9 Å². The Balaban J connectivity index is 1.49. The first-order chi connectivity index (χ1) is 16.9. The summed E-state index contributed by atoms with van der Waals surface area (Å²) in [4.78, 5) is 23.5. The maximum Gasteiger partial charge on any atom is 0.310 e. The number of methoxy groups -OCH3 is 1. The van der Waals surface area contributed by atoms with Crippen molar-refractivity contribution in [1.29, 1.82) is 0 Å². The minimum absolute atomic E-state index is 0.0734. The van der Waals surface area contributed by atoms with Gasteiger partial charge in [0.25, 0.3) is 0 Å². The molecule has 7 heteroatoms. The number of ether oxygens (including phenoxy) is 2. The molecule has 0 amide bonds. The molecule has 4 aromatic rings. The van der Waals surface area contributed by atoms with Gasteiger partial charge in [-0.2, -0.15) is 0 Å². The van der Waals surface area contributed by atoms with Gasteiger partial charge in [-0.3, -0.25) is 14.9 Å². The number of aromatic nitrogens is 1. The monoisotopic (exact) mass is 468 g/mol. The van der Waals surface area contributed by atoms with E-state index in [1.54, 1.807) is 43.5 Å². The number of benzene rings is 3. The average Bonchev–Trinajstić information content (AvgIpc) is 3.41. The van der Waals surface area contributed by atoms with Gasteiger partial charge in [0.2, 0.25) is 0 Å². The van der Waals surface area contributed by atoms with Gasteiger partial charge in [-0.15, -0.1) is 0 Å². The van der Waals surface area contributed by atoms with E-state index in [1.807, 2.05) is 60.3 Å². The van der Waals surface area contributed by atoms with Crippen LogP contribution >= 0.6 is 0 Å². The standard InChI is InChI=1S/C28H24N2O5/c1-20-5-12-25(30(32)33)28(17-20)35-19-23-18-21(7-14-27(23)34-2)6-13-26(31)22-8-10-24(11-9-22)29-15-3-4-16-29/h3-18H,19H2,1-2H3/b13-6+. The van der Waals surface area contributed by atoms with Crippen LogP contribution in [0.5, 0.6) is 11.5 Å². The summed E-state index contributed by atoms with van der Waals surface area (Å²) in [7, 11) is 1.55. The Labute approximate surface area is 203 Å². The number of carbonyl (C=O) groups is 1. The number of hydrogen-bond donors (Lipinski definition) is 0. The quantitative estimate of drug-likeness (QED) is 0.127. The van der Waals surface area contributed by atoms with E-state index >= 15 is 0 Å². The highest BCUT2D eigenvalue weighted by Gasteiger charge is 2.16. The largest absolute Gasteiger partial charge is 0.496 e. The summed E-state index contributed by atoms with van der Waals surface area (Å²) in [5.41, 5.74) is 3.80. The molecule has 0 spiro atoms. The molecule has 4 rings (SSSR count). The second-order valence-corrected chi connectivity index (χ2v) is 7.92. The number of nitro groups is 1. The van der Waals surface area contributed by atoms with Crippen molar-refractivity contribution in [2.24, 2.45) is 0 Å². The number of aryl methyl sites for hydroxylation is 1. The molecule has 0 unspecified atom stereocenters. The van der Waals surface area contributed by atoms with Crippen molar-refractivity contribution >= 4 is 17.5 Å². The molecular weight excluding hydrogens is 444 g/mol. The van der Waals surface area contributed by atoms with Crippen molar-refractivity contribution in [2.75, 3.05) is 7.11 Å². The smallest absolute Gasteiger partial charge is 0.310 e. The van der Waals surface area contributed by atoms with Crippen LogP contribution in [0.25, 0.3) is 11.8 Å². The molecule has 35 heavy (non-hydrogen) atoms. The van der Waals surface area contributed by atoms with Gasteiger partial charge < -0.3 is 14.0 Å². The molecule has 0 saturated carbocycles. The van der Waals surface area contributed by atoms with E-state index in [2.05, 4.69) is 0 Å². The van der Waals surface area contributed by atoms with E-state index in [1.165, 1.54) is 12.1 Å². The summed E-state index contributed by atoms with van der Waals surface area (Å²) < 4.78 is 13.2. The summed E-state index contributed by atoms with van der Waals surface area (Å²) in [6, 6.07) is 21.4. The minimum atomic E-state index is -0.470. The summed E-state index contributed by atoms with van der Waals surface area (Å²) >= 11 is 0. The summed E-state index contributed by atoms with van der Waals surface area (Å²) in [6.45, 7) is 1.91. The fraction of sp³-hybridized carbons (Fsp3) is 0.107. The normalized spacial score (nSPS) is 10.9. The number of carbonyl (C=O) groups excluding carboxylic acids is 1. The lowest BCUT2D eigenvalue weighted by atomic mass is 10.1. The van der Waals surface area contributed by atoms with Gasteiger partial charge in [0, 0.05) is 35.3 Å². The third-order valence-corrected chi connectivity index (χ3v) is 5.48. The molecule has 1 heterocycles. The van der Waals surface area contributed by atoms with Crippen LogP contribution in [0.1, 0.15) is 27.0 Å². The first-order valence-electron chi connectivity index (χ1n) is 10.9. The van der Waals surface area contributed by atoms with Crippen molar-refractivity contribution in [2.45, 2.75) is 13.5 Å². The van der Waals surface area contributed by atoms with Crippen molar-refractivity contribution in [3.05, 3.63) is 124 Å². The van der Waals surface area contributed by atoms with E-state index < -0.39 is 4.92 Å². The van der Waals surface area contributed by atoms with Gasteiger partial charge in [-0.25, -0.2) is 0 Å². The first kappa shape index (κ1) is 23.5. The number of nitrogens with zero attached hydrogens (tertiary/aromatic N) is 2. The molecule has 0 bridgehead atoms. The third-order valence-electron chi connectivity index (χ3n) is 5.48. The fourth-order valence-corrected chi connectivity index (χ4v) is 3.63. The zero-order valence-electron chi connectivity index (χ0n) is 19.4. The highest BCUT2D eigenvalue weighted by Crippen LogP contribution is 2.30. The highest BCUT2D eigenvalue weighted by molar-refractivity contribution is 6.06. The molecule has 0 radical (unpaired) electrons. The van der Waals surface area contributed by atoms with Gasteiger partial charge in [0.15, 0.2) is 11.5 Å². The van der Waals surface area contributed by atoms with Crippen LogP contribution in [0, 0.1) is 17.0 Å². The van der Waals surface area contributed by atoms with Gasteiger partial charge in [0.1, 0.15) is 12.4 Å². The molecule has 0 aliphatic carbocycles. The van der Waals surface area contributed by atoms with Crippen molar-refractivity contribution in [3.8, 4) is 17.2 Å². The Hall–Kier alpha value is -4.65. The predicted molar refractivity (Wildman–Crippen MR) is 134 cm³/mol. The summed E-state index contributed by atoms with van der Waals surface area (Å²) in [5, 5.41) is 11.3. The minimum Gasteiger partial charge on any atom is -0.496 e. The molecule has 0 atom stereocenters. The number of hydrogen-bond acceptors (Lipinski definition) is 5. The second kappa shape index (κ2) is 10.5. The molecule has 0 aliphatic rings. The van der Waals surface area contributed by atoms with Crippen LogP contribution in [0.15, 0.2) is 91.3 Å². The zero-order chi connectivity index (χ0) is 24.8. The van der Waals surface area contributed by atoms with Crippen LogP contribution < -0.4 is 9.47 Å². The van der Waals surface area contributed by atoms with E-state index in [-0.39, 0.29) is 23.8 Å². The summed E-state index contributed by atoms with van der Waals surface area (Å²) in [6.07, 6.45) is 7.13. The fourth-order valence-electron chi connectivity index (χ4n) is 3.63. The van der Waals surface area contributed by atoms with E-state index in [0.717, 1.165) is 16.8 Å². The molecular formula is C28H24N2O5. The number of rotatable bonds is 9. The van der Waals surface area contributed by atoms with E-state index in [4.69, 9.17) is 9.47 Å². The molecule has 1 aromatic heterocycles. The van der Waals surface area contributed by atoms with Crippen LogP contribution in [0.4, 0.5) is 5.69 Å². The van der Waals surface area contributed by atoms with E-state index in [0.29, 0.717) is 16.9 Å². The van der Waals surface area contributed by atoms with Crippen molar-refractivity contribution in [1.82, 2.24) is 4.57 Å². The lowest BCUT2D eigenvalue weighted by Gasteiger charge is -2.12. The maximum atomic E-state index is 12.7. The Kier molecular flexibility index (Phi) is 7.07. The molecule has 7 nitrogen and oxygen atoms in total. The van der Waals surface area contributed by atoms with Crippen LogP contribution in [-0.2, 0) is 6.61 Å². The Morgan fingerprint density at radius 2 is 1.74 bits per heavy atom. The summed E-state index contributed by atoms with van der Waals surface area (Å²) in [5.74, 6) is 0.661. The van der Waals surface area contributed by atoms with Gasteiger partial charge >= 0.3 is 5.69 Å². The number of nitro benzene ring substituents is 1. The third kappa shape index (κ3) is 5.65. The Morgan fingerprint density at radius 3 is 2.43 bits per heavy atom. The van der Waals surface area contributed by atoms with Gasteiger partial charge in [-0.05, 0) is 78.7 Å². The molecule has 0 N–H and O–H groups in total. The molecule has 0 fully saturated rings. The highest BCUT2D eigenvalue weighted by atomic mass is 16.6. The predicted octanol–water partition coefficient (Wildman–Crippen LogP) is 6.18. The van der Waals surface area contributed by atoms with Crippen molar-refractivity contribution < 1.29 is 19.2 Å². The van der Waals surface area contributed by atoms with Crippen LogP contribution in [0.3, 0.4) is 0 Å². The lowest BCUT2D eigenvalue weighted by Crippen LogP contribution is -2.02. The zero-order valence-corrected chi connectivity index (χ0v) is 19.4. The Morgan fingerprint density at radius 1 is 1.00 bits per heavy atom. The van der Waals surface area contributed by atoms with Crippen molar-refractivity contribution in [3.63, 3.8) is 0 Å². The second-order valence-electron chi connectivity index (χ2n) is 7.92. The van der Waals surface area contributed by atoms with Gasteiger partial charge in [-0.1, -0.05) is 18.2 Å². The average molecular weight is 469 g/mol. The molecule has 0 saturated heterocycles.